The number of ether oxygens (including phenoxy) is 2. The van der Waals surface area contributed by atoms with E-state index in [1.165, 1.54) is 12.0 Å². The molecular weight excluding hydrogens is 360 g/mol. The molecule has 6 heteroatoms. The number of carbonyl (C=O) groups is 1. The third-order valence-electron chi connectivity index (χ3n) is 4.01. The summed E-state index contributed by atoms with van der Waals surface area (Å²) in [6.45, 7) is 4.75. The number of benzene rings is 2. The maximum absolute atomic E-state index is 11.5. The first-order valence-corrected chi connectivity index (χ1v) is 9.64. The molecule has 5 nitrogen and oxygen atoms in total. The lowest BCUT2D eigenvalue weighted by atomic mass is 10.1. The van der Waals surface area contributed by atoms with Crippen LogP contribution in [0.3, 0.4) is 0 Å². The Labute approximate surface area is 163 Å². The number of carbonyl (C=O) groups excluding carboxylic acids is 1. The minimum absolute atomic E-state index is 0.346. The lowest BCUT2D eigenvalue weighted by Gasteiger charge is -2.05. The van der Waals surface area contributed by atoms with Gasteiger partial charge in [0.2, 0.25) is 0 Å². The lowest BCUT2D eigenvalue weighted by Crippen LogP contribution is -2.00. The molecule has 0 radical (unpaired) electrons. The highest BCUT2D eigenvalue weighted by molar-refractivity contribution is 7.16. The molecule has 0 aliphatic carbocycles. The second-order valence-electron chi connectivity index (χ2n) is 5.80. The molecule has 0 bridgehead atoms. The van der Waals surface area contributed by atoms with Gasteiger partial charge in [0.1, 0.15) is 5.75 Å². The van der Waals surface area contributed by atoms with Gasteiger partial charge in [-0.05, 0) is 61.9 Å². The highest BCUT2D eigenvalue weighted by Gasteiger charge is 2.13. The molecule has 0 spiro atoms. The SMILES string of the molecule is CCOc1ccc(-c2nc(Nc3ccc(C(=O)OC)cc3)sc2CC)cc1. The van der Waals surface area contributed by atoms with E-state index in [0.717, 1.165) is 34.2 Å². The summed E-state index contributed by atoms with van der Waals surface area (Å²) < 4.78 is 10.2. The number of aryl methyl sites for hydroxylation is 1. The van der Waals surface area contributed by atoms with E-state index in [1.54, 1.807) is 23.5 Å². The van der Waals surface area contributed by atoms with Crippen LogP contribution in [0.5, 0.6) is 5.75 Å². The maximum Gasteiger partial charge on any atom is 0.337 e. The van der Waals surface area contributed by atoms with Gasteiger partial charge in [-0.25, -0.2) is 9.78 Å². The molecule has 1 N–H and O–H groups in total. The number of rotatable bonds is 7. The van der Waals surface area contributed by atoms with Crippen LogP contribution in [-0.4, -0.2) is 24.7 Å². The molecule has 0 saturated heterocycles. The summed E-state index contributed by atoms with van der Waals surface area (Å²) in [4.78, 5) is 17.5. The van der Waals surface area contributed by atoms with Crippen molar-refractivity contribution >= 4 is 28.1 Å². The molecule has 2 aromatic carbocycles. The van der Waals surface area contributed by atoms with E-state index in [2.05, 4.69) is 12.2 Å². The van der Waals surface area contributed by atoms with Crippen molar-refractivity contribution in [2.45, 2.75) is 20.3 Å². The molecule has 3 rings (SSSR count). The number of hydrogen-bond donors (Lipinski definition) is 1. The third-order valence-corrected chi connectivity index (χ3v) is 5.13. The summed E-state index contributed by atoms with van der Waals surface area (Å²) in [5, 5.41) is 4.14. The first-order chi connectivity index (χ1) is 13.1. The fraction of sp³-hybridized carbons (Fsp3) is 0.238. The van der Waals surface area contributed by atoms with E-state index in [-0.39, 0.29) is 5.97 Å². The van der Waals surface area contributed by atoms with Crippen molar-refractivity contribution in [3.8, 4) is 17.0 Å². The van der Waals surface area contributed by atoms with Crippen molar-refractivity contribution in [3.05, 3.63) is 59.0 Å². The van der Waals surface area contributed by atoms with Gasteiger partial charge >= 0.3 is 5.97 Å². The van der Waals surface area contributed by atoms with Crippen LogP contribution >= 0.6 is 11.3 Å². The number of nitrogens with one attached hydrogen (secondary N) is 1. The van der Waals surface area contributed by atoms with E-state index < -0.39 is 0 Å². The van der Waals surface area contributed by atoms with Crippen LogP contribution in [-0.2, 0) is 11.2 Å². The molecular formula is C21H22N2O3S. The molecule has 3 aromatic rings. The molecule has 0 atom stereocenters. The van der Waals surface area contributed by atoms with Gasteiger partial charge in [0.15, 0.2) is 5.13 Å². The fourth-order valence-corrected chi connectivity index (χ4v) is 3.62. The summed E-state index contributed by atoms with van der Waals surface area (Å²) in [7, 11) is 1.37. The van der Waals surface area contributed by atoms with Gasteiger partial charge in [-0.3, -0.25) is 0 Å². The van der Waals surface area contributed by atoms with Crippen LogP contribution in [0.15, 0.2) is 48.5 Å². The quantitative estimate of drug-likeness (QED) is 0.562. The largest absolute Gasteiger partial charge is 0.494 e. The number of nitrogens with zero attached hydrogens (tertiary/aromatic N) is 1. The zero-order valence-corrected chi connectivity index (χ0v) is 16.4. The zero-order valence-electron chi connectivity index (χ0n) is 15.6. The molecule has 1 heterocycles. The summed E-state index contributed by atoms with van der Waals surface area (Å²) >= 11 is 1.63. The monoisotopic (exact) mass is 382 g/mol. The number of methoxy groups -OCH3 is 1. The van der Waals surface area contributed by atoms with Crippen LogP contribution in [0.2, 0.25) is 0 Å². The van der Waals surface area contributed by atoms with Gasteiger partial charge in [-0.15, -0.1) is 11.3 Å². The summed E-state index contributed by atoms with van der Waals surface area (Å²) in [5.74, 6) is 0.514. The molecule has 0 saturated carbocycles. The highest BCUT2D eigenvalue weighted by Crippen LogP contribution is 2.33. The summed E-state index contributed by atoms with van der Waals surface area (Å²) in [5.41, 5.74) is 3.45. The Hall–Kier alpha value is -2.86. The van der Waals surface area contributed by atoms with Gasteiger partial charge in [0, 0.05) is 16.1 Å². The predicted molar refractivity (Wildman–Crippen MR) is 109 cm³/mol. The Morgan fingerprint density at radius 1 is 1.07 bits per heavy atom. The van der Waals surface area contributed by atoms with Gasteiger partial charge in [0.25, 0.3) is 0 Å². The van der Waals surface area contributed by atoms with Gasteiger partial charge in [-0.2, -0.15) is 0 Å². The van der Waals surface area contributed by atoms with E-state index in [0.29, 0.717) is 12.2 Å². The minimum Gasteiger partial charge on any atom is -0.494 e. The van der Waals surface area contributed by atoms with E-state index in [9.17, 15) is 4.79 Å². The summed E-state index contributed by atoms with van der Waals surface area (Å²) in [6.07, 6.45) is 0.906. The normalized spacial score (nSPS) is 10.5. The molecule has 0 aliphatic rings. The van der Waals surface area contributed by atoms with Gasteiger partial charge in [-0.1, -0.05) is 6.92 Å². The first-order valence-electron chi connectivity index (χ1n) is 8.83. The average Bonchev–Trinajstić information content (AvgIpc) is 3.11. The number of hydrogen-bond acceptors (Lipinski definition) is 6. The molecule has 0 aliphatic heterocycles. The van der Waals surface area contributed by atoms with Crippen LogP contribution in [0.4, 0.5) is 10.8 Å². The zero-order chi connectivity index (χ0) is 19.2. The van der Waals surface area contributed by atoms with Crippen molar-refractivity contribution < 1.29 is 14.3 Å². The van der Waals surface area contributed by atoms with E-state index in [4.69, 9.17) is 14.5 Å². The van der Waals surface area contributed by atoms with Crippen molar-refractivity contribution in [1.29, 1.82) is 0 Å². The van der Waals surface area contributed by atoms with E-state index >= 15 is 0 Å². The highest BCUT2D eigenvalue weighted by atomic mass is 32.1. The lowest BCUT2D eigenvalue weighted by molar-refractivity contribution is 0.0601. The van der Waals surface area contributed by atoms with Gasteiger partial charge in [0.05, 0.1) is 25.0 Å². The average molecular weight is 382 g/mol. The van der Waals surface area contributed by atoms with Crippen molar-refractivity contribution in [2.75, 3.05) is 19.0 Å². The number of esters is 1. The van der Waals surface area contributed by atoms with E-state index in [1.807, 2.05) is 43.3 Å². The molecule has 1 aromatic heterocycles. The van der Waals surface area contributed by atoms with Crippen LogP contribution < -0.4 is 10.1 Å². The Bertz CT molecular complexity index is 902. The second kappa shape index (κ2) is 8.68. The Kier molecular flexibility index (Phi) is 6.08. The Balaban J connectivity index is 1.80. The fourth-order valence-electron chi connectivity index (χ4n) is 2.68. The van der Waals surface area contributed by atoms with Crippen molar-refractivity contribution in [1.82, 2.24) is 4.98 Å². The molecule has 140 valence electrons. The van der Waals surface area contributed by atoms with Crippen molar-refractivity contribution in [3.63, 3.8) is 0 Å². The Morgan fingerprint density at radius 3 is 2.37 bits per heavy atom. The smallest absolute Gasteiger partial charge is 0.337 e. The summed E-state index contributed by atoms with van der Waals surface area (Å²) in [6, 6.07) is 15.2. The first kappa shape index (κ1) is 18.9. The molecule has 0 unspecified atom stereocenters. The molecule has 0 fully saturated rings. The number of aromatic nitrogens is 1. The Morgan fingerprint density at radius 2 is 1.78 bits per heavy atom. The second-order valence-corrected chi connectivity index (χ2v) is 6.88. The van der Waals surface area contributed by atoms with Gasteiger partial charge < -0.3 is 14.8 Å². The van der Waals surface area contributed by atoms with Crippen LogP contribution in [0.1, 0.15) is 29.1 Å². The topological polar surface area (TPSA) is 60.5 Å². The number of anilines is 2. The van der Waals surface area contributed by atoms with Crippen LogP contribution in [0.25, 0.3) is 11.3 Å². The maximum atomic E-state index is 11.5. The molecule has 0 amide bonds. The molecule has 27 heavy (non-hydrogen) atoms. The third kappa shape index (κ3) is 4.46. The van der Waals surface area contributed by atoms with Crippen molar-refractivity contribution in [2.24, 2.45) is 0 Å². The predicted octanol–water partition coefficient (Wildman–Crippen LogP) is 5.30. The standard InChI is InChI=1S/C21H22N2O3S/c1-4-18-19(14-8-12-17(13-9-14)26-5-2)23-21(27-18)22-16-10-6-15(7-11-16)20(24)25-3/h6-13H,4-5H2,1-3H3,(H,22,23). The minimum atomic E-state index is -0.346. The van der Waals surface area contributed by atoms with Crippen LogP contribution in [0, 0.1) is 0 Å². The number of thiazole rings is 1.